The van der Waals surface area contributed by atoms with Gasteiger partial charge in [-0.15, -0.1) is 0 Å². The Hall–Kier alpha value is -0.630. The van der Waals surface area contributed by atoms with E-state index >= 15 is 0 Å². The fourth-order valence-corrected chi connectivity index (χ4v) is 9.12. The highest BCUT2D eigenvalue weighted by Gasteiger charge is 2.77. The van der Waals surface area contributed by atoms with Gasteiger partial charge in [-0.2, -0.15) is 0 Å². The quantitative estimate of drug-likeness (QED) is 0.677. The average molecular weight is 341 g/mol. The van der Waals surface area contributed by atoms with E-state index in [0.29, 0.717) is 11.2 Å². The monoisotopic (exact) mass is 340 g/mol. The Balaban J connectivity index is 1.39. The van der Waals surface area contributed by atoms with Crippen LogP contribution in [-0.2, 0) is 9.53 Å². The Morgan fingerprint density at radius 3 is 2.84 bits per heavy atom. The van der Waals surface area contributed by atoms with E-state index in [9.17, 15) is 4.79 Å². The second kappa shape index (κ2) is 5.00. The van der Waals surface area contributed by atoms with Crippen LogP contribution >= 0.6 is 0 Å². The smallest absolute Gasteiger partial charge is 0.155 e. The third kappa shape index (κ3) is 1.74. The minimum atomic E-state index is 0.265. The maximum absolute atomic E-state index is 11.9. The summed E-state index contributed by atoms with van der Waals surface area (Å²) in [4.78, 5) is 11.9. The minimum absolute atomic E-state index is 0.265. The van der Waals surface area contributed by atoms with E-state index < -0.39 is 0 Å². The number of hydrogen-bond donors (Lipinski definition) is 0. The van der Waals surface area contributed by atoms with Gasteiger partial charge in [0, 0.05) is 18.4 Å². The van der Waals surface area contributed by atoms with Gasteiger partial charge in [-0.05, 0) is 99.4 Å². The molecule has 0 aromatic heterocycles. The van der Waals surface area contributed by atoms with Crippen molar-refractivity contribution >= 4 is 5.78 Å². The van der Waals surface area contributed by atoms with E-state index in [4.69, 9.17) is 4.74 Å². The van der Waals surface area contributed by atoms with Gasteiger partial charge in [-0.25, -0.2) is 0 Å². The Kier molecular flexibility index (Phi) is 3.09. The normalized spacial score (nSPS) is 56.0. The lowest BCUT2D eigenvalue weighted by Crippen LogP contribution is -2.56. The molecule has 1 saturated heterocycles. The van der Waals surface area contributed by atoms with Gasteiger partial charge in [0.2, 0.25) is 0 Å². The summed E-state index contributed by atoms with van der Waals surface area (Å²) < 4.78 is 6.66. The van der Waals surface area contributed by atoms with Crippen molar-refractivity contribution in [1.82, 2.24) is 0 Å². The van der Waals surface area contributed by atoms with Gasteiger partial charge >= 0.3 is 0 Å². The summed E-state index contributed by atoms with van der Waals surface area (Å²) in [5, 5.41) is 0. The van der Waals surface area contributed by atoms with E-state index in [-0.39, 0.29) is 5.60 Å². The first-order chi connectivity index (χ1) is 12.2. The molecule has 0 aromatic carbocycles. The number of ketones is 1. The van der Waals surface area contributed by atoms with Crippen molar-refractivity contribution in [2.45, 2.75) is 76.7 Å². The van der Waals surface area contributed by atoms with Gasteiger partial charge < -0.3 is 4.74 Å². The molecule has 0 bridgehead atoms. The number of allylic oxidation sites excluding steroid dienone is 1. The zero-order valence-electron chi connectivity index (χ0n) is 15.6. The predicted molar refractivity (Wildman–Crippen MR) is 97.0 cm³/mol. The number of carbonyl (C=O) groups is 1. The molecule has 1 heterocycles. The van der Waals surface area contributed by atoms with Crippen LogP contribution in [0.5, 0.6) is 0 Å². The summed E-state index contributed by atoms with van der Waals surface area (Å²) in [5.41, 5.74) is 2.28. The molecule has 0 aromatic rings. The van der Waals surface area contributed by atoms with Crippen molar-refractivity contribution < 1.29 is 9.53 Å². The average Bonchev–Trinajstić information content (AvgIpc) is 3.20. The molecular formula is C23H32O2. The van der Waals surface area contributed by atoms with Gasteiger partial charge in [0.15, 0.2) is 5.78 Å². The van der Waals surface area contributed by atoms with Crippen LogP contribution in [-0.4, -0.2) is 18.0 Å². The lowest BCUT2D eigenvalue weighted by atomic mass is 9.47. The van der Waals surface area contributed by atoms with Crippen molar-refractivity contribution in [3.8, 4) is 0 Å². The van der Waals surface area contributed by atoms with Crippen LogP contribution in [0.4, 0.5) is 0 Å². The molecule has 0 radical (unpaired) electrons. The first-order valence-electron chi connectivity index (χ1n) is 11.1. The van der Waals surface area contributed by atoms with Gasteiger partial charge in [-0.1, -0.05) is 12.5 Å². The van der Waals surface area contributed by atoms with Gasteiger partial charge in [0.1, 0.15) is 0 Å². The van der Waals surface area contributed by atoms with Crippen LogP contribution in [0.15, 0.2) is 11.6 Å². The van der Waals surface area contributed by atoms with E-state index in [1.807, 2.05) is 6.08 Å². The summed E-state index contributed by atoms with van der Waals surface area (Å²) in [6, 6.07) is 0. The minimum Gasteiger partial charge on any atom is -0.374 e. The molecule has 6 rings (SSSR count). The number of ether oxygens (including phenoxy) is 1. The molecule has 2 nitrogen and oxygen atoms in total. The highest BCUT2D eigenvalue weighted by Crippen LogP contribution is 2.79. The fourth-order valence-electron chi connectivity index (χ4n) is 9.12. The molecular weight excluding hydrogens is 308 g/mol. The number of carbonyl (C=O) groups excluding carboxylic acids is 1. The lowest BCUT2D eigenvalue weighted by molar-refractivity contribution is -0.158. The van der Waals surface area contributed by atoms with E-state index in [2.05, 4.69) is 6.92 Å². The molecule has 6 aliphatic rings. The lowest BCUT2D eigenvalue weighted by Gasteiger charge is -2.58. The Morgan fingerprint density at radius 1 is 1.12 bits per heavy atom. The summed E-state index contributed by atoms with van der Waals surface area (Å²) in [6.07, 6.45) is 14.8. The first-order valence-corrected chi connectivity index (χ1v) is 11.1. The zero-order chi connectivity index (χ0) is 16.8. The molecule has 25 heavy (non-hydrogen) atoms. The molecule has 1 aliphatic heterocycles. The van der Waals surface area contributed by atoms with Crippen LogP contribution in [0.2, 0.25) is 0 Å². The molecule has 5 fully saturated rings. The van der Waals surface area contributed by atoms with Crippen LogP contribution in [0.1, 0.15) is 71.1 Å². The Morgan fingerprint density at radius 2 is 2.04 bits per heavy atom. The van der Waals surface area contributed by atoms with E-state index in [1.165, 1.54) is 56.9 Å². The molecule has 5 unspecified atom stereocenters. The van der Waals surface area contributed by atoms with Crippen molar-refractivity contribution in [2.75, 3.05) is 6.61 Å². The first kappa shape index (κ1) is 15.4. The van der Waals surface area contributed by atoms with Crippen LogP contribution in [0, 0.1) is 40.9 Å². The topological polar surface area (TPSA) is 26.3 Å². The van der Waals surface area contributed by atoms with Gasteiger partial charge in [0.05, 0.1) is 5.60 Å². The second-order valence-corrected chi connectivity index (χ2v) is 10.1. The van der Waals surface area contributed by atoms with Crippen LogP contribution < -0.4 is 0 Å². The Labute approximate surface area is 151 Å². The molecule has 136 valence electrons. The number of fused-ring (bicyclic) bond motifs is 9. The predicted octanol–water partition coefficient (Wildman–Crippen LogP) is 4.92. The van der Waals surface area contributed by atoms with Crippen molar-refractivity contribution in [3.05, 3.63) is 11.6 Å². The molecule has 5 aliphatic carbocycles. The van der Waals surface area contributed by atoms with Crippen molar-refractivity contribution in [1.29, 1.82) is 0 Å². The van der Waals surface area contributed by atoms with Crippen molar-refractivity contribution in [2.24, 2.45) is 40.9 Å². The van der Waals surface area contributed by atoms with Gasteiger partial charge in [-0.3, -0.25) is 4.79 Å². The highest BCUT2D eigenvalue weighted by molar-refractivity contribution is 5.91. The van der Waals surface area contributed by atoms with Gasteiger partial charge in [0.25, 0.3) is 0 Å². The maximum Gasteiger partial charge on any atom is 0.155 e. The molecule has 2 heteroatoms. The standard InChI is InChI=1S/C23H32O2/c1-2-22-10-8-17-16-7-5-15(24)12-14(16)4-6-18(17)21(22)19-13-20(19)23(22)9-3-11-25-23/h12,16-21H,2-11,13H2,1H3/t16?,17?,18?,19-,20+,21?,22+,23?/m1/s1. The number of rotatable bonds is 1. The number of hydrogen-bond acceptors (Lipinski definition) is 2. The van der Waals surface area contributed by atoms with Crippen LogP contribution in [0.25, 0.3) is 0 Å². The van der Waals surface area contributed by atoms with E-state index in [1.54, 1.807) is 0 Å². The molecule has 1 spiro atoms. The SMILES string of the molecule is CC[C@]12CCC3C4CCC(=O)C=C4CCC3C1[C@@H]1C[C@@H]1C21CCCO1. The second-order valence-electron chi connectivity index (χ2n) is 10.1. The van der Waals surface area contributed by atoms with Crippen LogP contribution in [0.3, 0.4) is 0 Å². The molecule has 4 saturated carbocycles. The summed E-state index contributed by atoms with van der Waals surface area (Å²) in [5.74, 6) is 5.72. The Bertz CT molecular complexity index is 642. The molecule has 8 atom stereocenters. The molecule has 0 amide bonds. The summed E-state index contributed by atoms with van der Waals surface area (Å²) in [6.45, 7) is 3.48. The van der Waals surface area contributed by atoms with Crippen molar-refractivity contribution in [3.63, 3.8) is 0 Å². The third-order valence-corrected chi connectivity index (χ3v) is 9.81. The third-order valence-electron chi connectivity index (χ3n) is 9.81. The maximum atomic E-state index is 11.9. The fraction of sp³-hybridized carbons (Fsp3) is 0.870. The summed E-state index contributed by atoms with van der Waals surface area (Å²) in [7, 11) is 0. The zero-order valence-corrected chi connectivity index (χ0v) is 15.6. The van der Waals surface area contributed by atoms with E-state index in [0.717, 1.165) is 55.0 Å². The summed E-state index contributed by atoms with van der Waals surface area (Å²) >= 11 is 0. The largest absolute Gasteiger partial charge is 0.374 e. The highest BCUT2D eigenvalue weighted by atomic mass is 16.5. The molecule has 0 N–H and O–H groups in total.